The van der Waals surface area contributed by atoms with Gasteiger partial charge in [0.1, 0.15) is 22.7 Å². The molecule has 2 aliphatic rings. The minimum atomic E-state index is -0.681. The molecule has 0 fully saturated rings. The third-order valence-corrected chi connectivity index (χ3v) is 5.61. The van der Waals surface area contributed by atoms with Gasteiger partial charge in [-0.25, -0.2) is 10.0 Å². The number of nitro benzene ring substituents is 2. The fraction of sp³-hybridized carbons (Fsp3) is 0.176. The van der Waals surface area contributed by atoms with E-state index in [2.05, 4.69) is 10.1 Å². The van der Waals surface area contributed by atoms with E-state index in [0.717, 1.165) is 11.6 Å². The average molecular weight is 414 g/mol. The number of nitrogens with two attached hydrogens (primary N) is 1. The number of fused-ring (bicyclic) bond motifs is 1. The molecule has 2 atom stereocenters. The van der Waals surface area contributed by atoms with Crippen molar-refractivity contribution in [1.29, 1.82) is 0 Å². The maximum absolute atomic E-state index is 11.6. The van der Waals surface area contributed by atoms with Gasteiger partial charge in [-0.15, -0.1) is 0 Å². The fourth-order valence-electron chi connectivity index (χ4n) is 3.35. The van der Waals surface area contributed by atoms with Crippen molar-refractivity contribution in [2.75, 3.05) is 12.1 Å². The van der Waals surface area contributed by atoms with Crippen LogP contribution in [0.5, 0.6) is 5.75 Å². The maximum atomic E-state index is 11.6. The number of benzene rings is 2. The van der Waals surface area contributed by atoms with Crippen LogP contribution in [0.3, 0.4) is 0 Å². The molecule has 2 aliphatic heterocycles. The predicted molar refractivity (Wildman–Crippen MR) is 108 cm³/mol. The van der Waals surface area contributed by atoms with Crippen molar-refractivity contribution in [2.45, 2.75) is 11.3 Å². The van der Waals surface area contributed by atoms with E-state index in [9.17, 15) is 20.2 Å². The molecule has 0 spiro atoms. The Balaban J connectivity index is 1.89. The molecule has 148 valence electrons. The van der Waals surface area contributed by atoms with Crippen LogP contribution in [0.2, 0.25) is 0 Å². The third kappa shape index (κ3) is 3.12. The van der Waals surface area contributed by atoms with Crippen molar-refractivity contribution in [2.24, 2.45) is 15.8 Å². The lowest BCUT2D eigenvalue weighted by Crippen LogP contribution is -2.27. The lowest BCUT2D eigenvalue weighted by Gasteiger charge is -2.27. The van der Waals surface area contributed by atoms with Gasteiger partial charge in [0.2, 0.25) is 0 Å². The second-order valence-corrected chi connectivity index (χ2v) is 7.33. The van der Waals surface area contributed by atoms with Crippen LogP contribution in [0.15, 0.2) is 52.6 Å². The van der Waals surface area contributed by atoms with Gasteiger partial charge in [-0.05, 0) is 12.1 Å². The Morgan fingerprint density at radius 2 is 1.93 bits per heavy atom. The van der Waals surface area contributed by atoms with E-state index in [1.54, 1.807) is 6.07 Å². The van der Waals surface area contributed by atoms with Crippen molar-refractivity contribution < 1.29 is 14.6 Å². The zero-order valence-electron chi connectivity index (χ0n) is 15.0. The van der Waals surface area contributed by atoms with Crippen LogP contribution < -0.4 is 15.5 Å². The number of para-hydroxylation sites is 1. The van der Waals surface area contributed by atoms with Crippen LogP contribution in [0, 0.1) is 20.2 Å². The molecule has 0 amide bonds. The molecule has 0 bridgehead atoms. The number of ether oxygens (including phenoxy) is 1. The van der Waals surface area contributed by atoms with Gasteiger partial charge >= 0.3 is 5.69 Å². The topological polar surface area (TPSA) is 149 Å². The number of aliphatic imine (C=N–C) groups is 1. The van der Waals surface area contributed by atoms with Gasteiger partial charge in [-0.1, -0.05) is 30.0 Å². The quantitative estimate of drug-likeness (QED) is 0.579. The van der Waals surface area contributed by atoms with Crippen molar-refractivity contribution in [3.63, 3.8) is 0 Å². The van der Waals surface area contributed by atoms with E-state index >= 15 is 0 Å². The van der Waals surface area contributed by atoms with Gasteiger partial charge in [0.15, 0.2) is 11.0 Å². The summed E-state index contributed by atoms with van der Waals surface area (Å²) in [7, 11) is 1.53. The molecule has 4 rings (SSSR count). The summed E-state index contributed by atoms with van der Waals surface area (Å²) in [5.74, 6) is 1.01. The van der Waals surface area contributed by atoms with Crippen molar-refractivity contribution in [3.05, 3.63) is 68.3 Å². The Hall–Kier alpha value is -3.67. The van der Waals surface area contributed by atoms with Crippen molar-refractivity contribution in [3.8, 4) is 5.75 Å². The van der Waals surface area contributed by atoms with E-state index in [1.165, 1.54) is 36.0 Å². The smallest absolute Gasteiger partial charge is 0.301 e. The van der Waals surface area contributed by atoms with E-state index in [0.29, 0.717) is 16.8 Å². The van der Waals surface area contributed by atoms with Gasteiger partial charge in [-0.3, -0.25) is 20.2 Å². The molecule has 0 aliphatic carbocycles. The monoisotopic (exact) mass is 414 g/mol. The predicted octanol–water partition coefficient (Wildman–Crippen LogP) is 2.82. The Labute approximate surface area is 168 Å². The molecule has 12 heteroatoms. The molecule has 0 saturated carbocycles. The van der Waals surface area contributed by atoms with E-state index in [-0.39, 0.29) is 16.6 Å². The number of thioether (sulfide) groups is 1. The molecule has 0 radical (unpaired) electrons. The summed E-state index contributed by atoms with van der Waals surface area (Å²) in [5.41, 5.74) is 5.91. The molecule has 2 aromatic rings. The molecule has 2 aromatic carbocycles. The largest absolute Gasteiger partial charge is 0.496 e. The molecule has 0 aromatic heterocycles. The normalized spacial score (nSPS) is 20.1. The molecular weight excluding hydrogens is 400 g/mol. The number of hydrogen-bond acceptors (Lipinski definition) is 10. The van der Waals surface area contributed by atoms with Crippen LogP contribution in [0.4, 0.5) is 17.1 Å². The summed E-state index contributed by atoms with van der Waals surface area (Å²) in [6.07, 6.45) is 0. The van der Waals surface area contributed by atoms with Gasteiger partial charge in [0.25, 0.3) is 5.69 Å². The highest BCUT2D eigenvalue weighted by molar-refractivity contribution is 8.15. The van der Waals surface area contributed by atoms with E-state index in [1.807, 2.05) is 18.2 Å². The lowest BCUT2D eigenvalue weighted by atomic mass is 10.0. The zero-order chi connectivity index (χ0) is 20.7. The van der Waals surface area contributed by atoms with Crippen LogP contribution in [-0.2, 0) is 0 Å². The summed E-state index contributed by atoms with van der Waals surface area (Å²) < 4.78 is 5.47. The number of non-ortho nitro benzene ring substituents is 1. The number of hydrogen-bond donors (Lipinski definition) is 1. The number of nitrogens with zero attached hydrogens (tertiary/aromatic N) is 5. The number of amidine groups is 2. The summed E-state index contributed by atoms with van der Waals surface area (Å²) in [5, 5.41) is 28.7. The number of hydrazone groups is 1. The minimum Gasteiger partial charge on any atom is -0.496 e. The summed E-state index contributed by atoms with van der Waals surface area (Å²) in [4.78, 5) is 25.6. The Bertz CT molecular complexity index is 1090. The standard InChI is InChI=1S/C17H14N6O5S/c1-28-13-5-3-2-4-10(13)14-15-16(19-17(18)29-15)20-21(14)11-7-6-9(22(24)25)8-12(11)23(26)27/h2-8,14-15H,1H3,(H2,18,19,20). The van der Waals surface area contributed by atoms with Gasteiger partial charge in [-0.2, -0.15) is 5.10 Å². The zero-order valence-corrected chi connectivity index (χ0v) is 15.8. The van der Waals surface area contributed by atoms with Crippen LogP contribution in [0.1, 0.15) is 11.6 Å². The Kier molecular flexibility index (Phi) is 4.54. The van der Waals surface area contributed by atoms with Crippen LogP contribution >= 0.6 is 11.8 Å². The lowest BCUT2D eigenvalue weighted by molar-refractivity contribution is -0.393. The fourth-order valence-corrected chi connectivity index (χ4v) is 4.35. The maximum Gasteiger partial charge on any atom is 0.301 e. The second-order valence-electron chi connectivity index (χ2n) is 6.17. The van der Waals surface area contributed by atoms with Crippen LogP contribution in [0.25, 0.3) is 0 Å². The third-order valence-electron chi connectivity index (χ3n) is 4.56. The molecular formula is C17H14N6O5S. The molecule has 2 N–H and O–H groups in total. The average Bonchev–Trinajstić information content (AvgIpc) is 3.23. The van der Waals surface area contributed by atoms with Crippen molar-refractivity contribution >= 4 is 39.8 Å². The highest BCUT2D eigenvalue weighted by Gasteiger charge is 2.46. The molecule has 0 saturated heterocycles. The summed E-state index contributed by atoms with van der Waals surface area (Å²) in [6.45, 7) is 0. The summed E-state index contributed by atoms with van der Waals surface area (Å²) >= 11 is 1.30. The van der Waals surface area contributed by atoms with Crippen molar-refractivity contribution in [1.82, 2.24) is 0 Å². The number of anilines is 1. The molecule has 29 heavy (non-hydrogen) atoms. The van der Waals surface area contributed by atoms with Crippen LogP contribution in [-0.4, -0.2) is 33.2 Å². The van der Waals surface area contributed by atoms with E-state index < -0.39 is 21.6 Å². The van der Waals surface area contributed by atoms with Gasteiger partial charge in [0, 0.05) is 11.6 Å². The Morgan fingerprint density at radius 3 is 2.62 bits per heavy atom. The Morgan fingerprint density at radius 1 is 1.17 bits per heavy atom. The SMILES string of the molecule is COc1ccccc1C1C2SC(N)=NC2=NN1c1ccc([N+](=O)[O-])cc1[N+](=O)[O-]. The minimum absolute atomic E-state index is 0.118. The highest BCUT2D eigenvalue weighted by Crippen LogP contribution is 2.48. The van der Waals surface area contributed by atoms with Gasteiger partial charge in [0.05, 0.1) is 23.0 Å². The van der Waals surface area contributed by atoms with Gasteiger partial charge < -0.3 is 10.5 Å². The number of rotatable bonds is 5. The first kappa shape index (κ1) is 18.7. The second kappa shape index (κ2) is 7.05. The highest BCUT2D eigenvalue weighted by atomic mass is 32.2. The first-order valence-corrected chi connectivity index (χ1v) is 9.23. The number of methoxy groups -OCH3 is 1. The summed E-state index contributed by atoms with van der Waals surface area (Å²) in [6, 6.07) is 10.2. The molecule has 2 unspecified atom stereocenters. The van der Waals surface area contributed by atoms with E-state index in [4.69, 9.17) is 10.5 Å². The molecule has 2 heterocycles. The first-order valence-electron chi connectivity index (χ1n) is 8.35. The number of nitro groups is 2. The molecule has 11 nitrogen and oxygen atoms in total. The first-order chi connectivity index (χ1) is 13.9.